The quantitative estimate of drug-likeness (QED) is 0.224. The zero-order valence-electron chi connectivity index (χ0n) is 22.1. The Morgan fingerprint density at radius 3 is 2.46 bits per heavy atom. The maximum absolute atomic E-state index is 13.1. The van der Waals surface area contributed by atoms with Gasteiger partial charge in [0.25, 0.3) is 11.1 Å². The third-order valence-corrected chi connectivity index (χ3v) is 7.62. The number of carbonyl (C=O) groups excluding carboxylic acids is 2. The van der Waals surface area contributed by atoms with Gasteiger partial charge in [0.05, 0.1) is 18.6 Å². The predicted octanol–water partition coefficient (Wildman–Crippen LogP) is 8.13. The van der Waals surface area contributed by atoms with Crippen LogP contribution in [-0.4, -0.2) is 36.3 Å². The van der Waals surface area contributed by atoms with Crippen molar-refractivity contribution in [3.05, 3.63) is 91.8 Å². The third-order valence-electron chi connectivity index (χ3n) is 6.12. The number of thioether (sulfide) groups is 1. The van der Waals surface area contributed by atoms with Gasteiger partial charge < -0.3 is 14.2 Å². The number of rotatable bonds is 10. The van der Waals surface area contributed by atoms with Gasteiger partial charge in [0, 0.05) is 15.6 Å². The molecule has 204 valence electrons. The Bertz CT molecular complexity index is 1420. The van der Waals surface area contributed by atoms with E-state index in [-0.39, 0.29) is 30.9 Å². The Labute approximate surface area is 242 Å². The van der Waals surface area contributed by atoms with Crippen LogP contribution in [0.25, 0.3) is 6.08 Å². The molecule has 1 fully saturated rings. The van der Waals surface area contributed by atoms with Gasteiger partial charge >= 0.3 is 0 Å². The molecular weight excluding hydrogens is 557 g/mol. The first-order valence-electron chi connectivity index (χ1n) is 12.4. The summed E-state index contributed by atoms with van der Waals surface area (Å²) in [5.41, 5.74) is 3.63. The van der Waals surface area contributed by atoms with Crippen LogP contribution in [0, 0.1) is 6.92 Å². The van der Waals surface area contributed by atoms with Gasteiger partial charge in [-0.15, -0.1) is 0 Å². The average Bonchev–Trinajstić information content (AvgIpc) is 3.15. The molecule has 0 spiro atoms. The van der Waals surface area contributed by atoms with Gasteiger partial charge in [-0.2, -0.15) is 0 Å². The second kappa shape index (κ2) is 12.8. The number of halogens is 2. The Morgan fingerprint density at radius 2 is 1.74 bits per heavy atom. The molecule has 0 radical (unpaired) electrons. The van der Waals surface area contributed by atoms with Gasteiger partial charge in [-0.3, -0.25) is 14.5 Å². The van der Waals surface area contributed by atoms with E-state index in [1.165, 1.54) is 4.90 Å². The predicted molar refractivity (Wildman–Crippen MR) is 157 cm³/mol. The molecule has 1 aliphatic rings. The number of benzene rings is 3. The summed E-state index contributed by atoms with van der Waals surface area (Å²) in [5.74, 6) is 1.72. The summed E-state index contributed by atoms with van der Waals surface area (Å²) >= 11 is 13.1. The summed E-state index contributed by atoms with van der Waals surface area (Å²) in [6.07, 6.45) is 1.67. The zero-order chi connectivity index (χ0) is 28.1. The molecule has 0 saturated carbocycles. The highest BCUT2D eigenvalue weighted by atomic mass is 35.5. The topological polar surface area (TPSA) is 65.1 Å². The second-order valence-electron chi connectivity index (χ2n) is 9.31. The summed E-state index contributed by atoms with van der Waals surface area (Å²) in [5, 5.41) is 0.711. The van der Waals surface area contributed by atoms with Crippen molar-refractivity contribution in [2.24, 2.45) is 0 Å². The van der Waals surface area contributed by atoms with Crippen molar-refractivity contribution in [1.82, 2.24) is 4.90 Å². The van der Waals surface area contributed by atoms with E-state index in [1.807, 2.05) is 19.1 Å². The molecule has 0 N–H and O–H groups in total. The number of carbonyl (C=O) groups is 2. The number of hydrogen-bond acceptors (Lipinski definition) is 6. The lowest BCUT2D eigenvalue weighted by molar-refractivity contribution is -0.123. The fourth-order valence-corrected chi connectivity index (χ4v) is 5.35. The van der Waals surface area contributed by atoms with Gasteiger partial charge in [-0.1, -0.05) is 61.3 Å². The minimum Gasteiger partial charge on any atom is -0.493 e. The van der Waals surface area contributed by atoms with E-state index >= 15 is 0 Å². The van der Waals surface area contributed by atoms with Crippen molar-refractivity contribution in [1.29, 1.82) is 0 Å². The van der Waals surface area contributed by atoms with Crippen LogP contribution in [0.3, 0.4) is 0 Å². The first-order valence-corrected chi connectivity index (χ1v) is 14.0. The van der Waals surface area contributed by atoms with Crippen molar-refractivity contribution in [3.8, 4) is 17.2 Å². The number of ether oxygens (including phenoxy) is 3. The molecule has 0 atom stereocenters. The summed E-state index contributed by atoms with van der Waals surface area (Å²) in [6.45, 7) is 6.77. The van der Waals surface area contributed by atoms with E-state index in [1.54, 1.807) is 49.6 Å². The van der Waals surface area contributed by atoms with Crippen LogP contribution in [0.15, 0.2) is 59.5 Å². The normalized spacial score (nSPS) is 14.4. The number of nitrogens with zero attached hydrogens (tertiary/aromatic N) is 1. The zero-order valence-corrected chi connectivity index (χ0v) is 24.5. The van der Waals surface area contributed by atoms with E-state index in [0.29, 0.717) is 37.9 Å². The van der Waals surface area contributed by atoms with Crippen LogP contribution >= 0.6 is 35.0 Å². The summed E-state index contributed by atoms with van der Waals surface area (Å²) < 4.78 is 17.4. The fraction of sp³-hybridized carbons (Fsp3) is 0.267. The van der Waals surface area contributed by atoms with Crippen LogP contribution in [0.1, 0.15) is 42.0 Å². The lowest BCUT2D eigenvalue weighted by atomic mass is 10.0. The average molecular weight is 587 g/mol. The lowest BCUT2D eigenvalue weighted by Gasteiger charge is -2.17. The van der Waals surface area contributed by atoms with Gasteiger partial charge in [0.15, 0.2) is 11.5 Å². The Hall–Kier alpha value is -3.13. The summed E-state index contributed by atoms with van der Waals surface area (Å²) in [4.78, 5) is 27.2. The van der Waals surface area contributed by atoms with E-state index in [0.717, 1.165) is 34.2 Å². The van der Waals surface area contributed by atoms with Gasteiger partial charge in [-0.25, -0.2) is 0 Å². The molecule has 3 aromatic rings. The fourth-order valence-electron chi connectivity index (χ4n) is 4.02. The highest BCUT2D eigenvalue weighted by Gasteiger charge is 2.35. The second-order valence-corrected chi connectivity index (χ2v) is 11.1. The summed E-state index contributed by atoms with van der Waals surface area (Å²) in [7, 11) is 1.55. The maximum atomic E-state index is 13.1. The molecule has 1 heterocycles. The van der Waals surface area contributed by atoms with Crippen LogP contribution < -0.4 is 14.2 Å². The molecule has 9 heteroatoms. The van der Waals surface area contributed by atoms with Crippen LogP contribution in [0.4, 0.5) is 4.79 Å². The van der Waals surface area contributed by atoms with Gasteiger partial charge in [0.1, 0.15) is 19.0 Å². The van der Waals surface area contributed by atoms with Crippen LogP contribution in [0.5, 0.6) is 17.2 Å². The van der Waals surface area contributed by atoms with Crippen molar-refractivity contribution in [2.75, 3.05) is 20.3 Å². The largest absolute Gasteiger partial charge is 0.493 e. The highest BCUT2D eigenvalue weighted by Crippen LogP contribution is 2.35. The number of methoxy groups -OCH3 is 1. The van der Waals surface area contributed by atoms with E-state index in [2.05, 4.69) is 19.9 Å². The van der Waals surface area contributed by atoms with Crippen molar-refractivity contribution in [3.63, 3.8) is 0 Å². The summed E-state index contributed by atoms with van der Waals surface area (Å²) in [6, 6.07) is 16.6. The number of imide groups is 1. The molecule has 1 saturated heterocycles. The van der Waals surface area contributed by atoms with Crippen LogP contribution in [-0.2, 0) is 11.4 Å². The lowest BCUT2D eigenvalue weighted by Crippen LogP contribution is -2.32. The molecule has 0 bridgehead atoms. The molecule has 6 nitrogen and oxygen atoms in total. The minimum atomic E-state index is -0.354. The maximum Gasteiger partial charge on any atom is 0.293 e. The van der Waals surface area contributed by atoms with Crippen molar-refractivity contribution in [2.45, 2.75) is 33.3 Å². The Morgan fingerprint density at radius 1 is 0.949 bits per heavy atom. The molecule has 0 aliphatic carbocycles. The smallest absolute Gasteiger partial charge is 0.293 e. The monoisotopic (exact) mass is 585 g/mol. The Kier molecular flexibility index (Phi) is 9.49. The first-order chi connectivity index (χ1) is 18.7. The molecule has 4 rings (SSSR count). The highest BCUT2D eigenvalue weighted by molar-refractivity contribution is 8.18. The SMILES string of the molecule is COc1ccc(/C=C2\SC(=O)N(CCOc3cc(C)ccc3C(C)C)C2=O)cc1OCc1ccc(Cl)cc1Cl. The Balaban J connectivity index is 1.44. The van der Waals surface area contributed by atoms with E-state index < -0.39 is 0 Å². The molecule has 0 aromatic heterocycles. The molecular formula is C30H29Cl2NO5S. The van der Waals surface area contributed by atoms with E-state index in [9.17, 15) is 9.59 Å². The molecule has 3 aromatic carbocycles. The minimum absolute atomic E-state index is 0.159. The van der Waals surface area contributed by atoms with Crippen molar-refractivity contribution >= 4 is 52.2 Å². The van der Waals surface area contributed by atoms with Crippen LogP contribution in [0.2, 0.25) is 10.0 Å². The third kappa shape index (κ3) is 7.10. The van der Waals surface area contributed by atoms with Crippen molar-refractivity contribution < 1.29 is 23.8 Å². The molecule has 0 unspecified atom stereocenters. The molecule has 2 amide bonds. The van der Waals surface area contributed by atoms with Gasteiger partial charge in [0.2, 0.25) is 0 Å². The standard InChI is InChI=1S/C30H29Cl2NO5S/c1-18(2)23-9-5-19(3)13-26(23)37-12-11-33-29(34)28(39-30(33)35)15-20-6-10-25(36-4)27(14-20)38-17-21-7-8-22(31)16-24(21)32/h5-10,13-16,18H,11-12,17H2,1-4H3/b28-15-. The molecule has 1 aliphatic heterocycles. The number of hydrogen-bond donors (Lipinski definition) is 0. The van der Waals surface area contributed by atoms with Gasteiger partial charge in [-0.05, 0) is 77.7 Å². The van der Waals surface area contributed by atoms with E-state index in [4.69, 9.17) is 37.4 Å². The number of amides is 2. The first kappa shape index (κ1) is 28.9. The number of aryl methyl sites for hydroxylation is 1. The molecule has 39 heavy (non-hydrogen) atoms.